The predicted molar refractivity (Wildman–Crippen MR) is 68.5 cm³/mol. The molecule has 0 unspecified atom stereocenters. The highest BCUT2D eigenvalue weighted by atomic mass is 32.1. The van der Waals surface area contributed by atoms with Crippen molar-refractivity contribution in [3.05, 3.63) is 29.4 Å². The van der Waals surface area contributed by atoms with Crippen LogP contribution in [0.1, 0.15) is 5.56 Å². The van der Waals surface area contributed by atoms with E-state index in [0.29, 0.717) is 0 Å². The van der Waals surface area contributed by atoms with Crippen molar-refractivity contribution in [2.75, 3.05) is 7.11 Å². The number of nitrogens with zero attached hydrogens (tertiary/aromatic N) is 2. The van der Waals surface area contributed by atoms with E-state index in [2.05, 4.69) is 27.3 Å². The summed E-state index contributed by atoms with van der Waals surface area (Å²) >= 11 is 1.58. The Morgan fingerprint density at radius 1 is 1.41 bits per heavy atom. The maximum absolute atomic E-state index is 5.36. The van der Waals surface area contributed by atoms with Gasteiger partial charge in [0.05, 0.1) is 29.9 Å². The number of ether oxygens (including phenoxy) is 1. The molecule has 0 spiro atoms. The zero-order valence-corrected chi connectivity index (χ0v) is 10.3. The van der Waals surface area contributed by atoms with Gasteiger partial charge in [-0.05, 0) is 23.9 Å². The first kappa shape index (κ1) is 10.3. The lowest BCUT2D eigenvalue weighted by molar-refractivity contribution is 0.428. The summed E-state index contributed by atoms with van der Waals surface area (Å²) in [7, 11) is 1.68. The molecule has 3 aromatic heterocycles. The SMILES string of the molecule is COc1scc(C)c1-c1nc2ccncc2[nH]1. The van der Waals surface area contributed by atoms with Crippen LogP contribution in [0.2, 0.25) is 0 Å². The van der Waals surface area contributed by atoms with Crippen molar-refractivity contribution in [2.45, 2.75) is 6.92 Å². The van der Waals surface area contributed by atoms with Gasteiger partial charge in [-0.25, -0.2) is 4.98 Å². The Kier molecular flexibility index (Phi) is 2.33. The number of imidazole rings is 1. The number of hydrogen-bond acceptors (Lipinski definition) is 4. The van der Waals surface area contributed by atoms with Crippen LogP contribution in [0.25, 0.3) is 22.4 Å². The van der Waals surface area contributed by atoms with Crippen molar-refractivity contribution in [3.63, 3.8) is 0 Å². The molecule has 0 aliphatic heterocycles. The summed E-state index contributed by atoms with van der Waals surface area (Å²) in [5.41, 5.74) is 4.06. The summed E-state index contributed by atoms with van der Waals surface area (Å²) in [6.07, 6.45) is 3.52. The monoisotopic (exact) mass is 245 g/mol. The number of pyridine rings is 1. The van der Waals surface area contributed by atoms with Crippen molar-refractivity contribution in [1.29, 1.82) is 0 Å². The van der Waals surface area contributed by atoms with E-state index >= 15 is 0 Å². The molecular weight excluding hydrogens is 234 g/mol. The number of methoxy groups -OCH3 is 1. The van der Waals surface area contributed by atoms with Gasteiger partial charge < -0.3 is 9.72 Å². The summed E-state index contributed by atoms with van der Waals surface area (Å²) in [5, 5.41) is 2.95. The van der Waals surface area contributed by atoms with Gasteiger partial charge >= 0.3 is 0 Å². The topological polar surface area (TPSA) is 50.8 Å². The van der Waals surface area contributed by atoms with Crippen molar-refractivity contribution in [3.8, 4) is 16.5 Å². The zero-order chi connectivity index (χ0) is 11.8. The van der Waals surface area contributed by atoms with Gasteiger partial charge in [0.2, 0.25) is 0 Å². The quantitative estimate of drug-likeness (QED) is 0.755. The molecule has 86 valence electrons. The lowest BCUT2D eigenvalue weighted by atomic mass is 10.2. The zero-order valence-electron chi connectivity index (χ0n) is 9.52. The number of aromatic amines is 1. The maximum atomic E-state index is 5.36. The highest BCUT2D eigenvalue weighted by molar-refractivity contribution is 7.12. The summed E-state index contributed by atoms with van der Waals surface area (Å²) in [5.74, 6) is 0.837. The molecule has 0 aliphatic carbocycles. The van der Waals surface area contributed by atoms with Crippen LogP contribution in [-0.2, 0) is 0 Å². The smallest absolute Gasteiger partial charge is 0.184 e. The van der Waals surface area contributed by atoms with Gasteiger partial charge in [-0.2, -0.15) is 0 Å². The normalized spacial score (nSPS) is 10.9. The molecule has 17 heavy (non-hydrogen) atoms. The van der Waals surface area contributed by atoms with Gasteiger partial charge in [0.1, 0.15) is 5.82 Å². The molecule has 0 saturated heterocycles. The molecule has 3 aromatic rings. The lowest BCUT2D eigenvalue weighted by Crippen LogP contribution is -1.86. The first-order valence-electron chi connectivity index (χ1n) is 5.22. The molecule has 4 nitrogen and oxygen atoms in total. The molecule has 0 amide bonds. The number of fused-ring (bicyclic) bond motifs is 1. The molecule has 0 aliphatic rings. The maximum Gasteiger partial charge on any atom is 0.184 e. The van der Waals surface area contributed by atoms with E-state index in [0.717, 1.165) is 27.5 Å². The van der Waals surface area contributed by atoms with Gasteiger partial charge in [0.15, 0.2) is 5.06 Å². The van der Waals surface area contributed by atoms with Crippen molar-refractivity contribution in [2.24, 2.45) is 0 Å². The number of thiophene rings is 1. The standard InChI is InChI=1S/C12H11N3OS/c1-7-6-17-12(16-2)10(7)11-14-8-3-4-13-5-9(8)15-11/h3-6H,1-2H3,(H,14,15). The second kappa shape index (κ2) is 3.85. The minimum absolute atomic E-state index is 0.837. The second-order valence-electron chi connectivity index (χ2n) is 3.76. The predicted octanol–water partition coefficient (Wildman–Crippen LogP) is 3.00. The van der Waals surface area contributed by atoms with E-state index in [1.54, 1.807) is 30.8 Å². The van der Waals surface area contributed by atoms with Crippen LogP contribution >= 0.6 is 11.3 Å². The minimum Gasteiger partial charge on any atom is -0.487 e. The molecule has 1 N–H and O–H groups in total. The largest absolute Gasteiger partial charge is 0.487 e. The van der Waals surface area contributed by atoms with Gasteiger partial charge in [-0.15, -0.1) is 11.3 Å². The van der Waals surface area contributed by atoms with E-state index in [4.69, 9.17) is 4.74 Å². The van der Waals surface area contributed by atoms with Crippen LogP contribution in [-0.4, -0.2) is 22.1 Å². The van der Waals surface area contributed by atoms with Crippen LogP contribution in [0.3, 0.4) is 0 Å². The second-order valence-corrected chi connectivity index (χ2v) is 4.61. The Morgan fingerprint density at radius 3 is 3.06 bits per heavy atom. The third-order valence-electron chi connectivity index (χ3n) is 2.65. The van der Waals surface area contributed by atoms with Gasteiger partial charge in [-0.1, -0.05) is 0 Å². The van der Waals surface area contributed by atoms with E-state index in [9.17, 15) is 0 Å². The van der Waals surface area contributed by atoms with Gasteiger partial charge in [-0.3, -0.25) is 4.98 Å². The van der Waals surface area contributed by atoms with Crippen LogP contribution in [0, 0.1) is 6.92 Å². The Labute approximate surface area is 102 Å². The molecule has 0 aromatic carbocycles. The van der Waals surface area contributed by atoms with E-state index in [1.807, 2.05) is 6.07 Å². The van der Waals surface area contributed by atoms with Crippen molar-refractivity contribution >= 4 is 22.4 Å². The van der Waals surface area contributed by atoms with Crippen LogP contribution in [0.15, 0.2) is 23.8 Å². The van der Waals surface area contributed by atoms with Crippen LogP contribution in [0.4, 0.5) is 0 Å². The van der Waals surface area contributed by atoms with E-state index < -0.39 is 0 Å². The Morgan fingerprint density at radius 2 is 2.29 bits per heavy atom. The molecule has 3 rings (SSSR count). The lowest BCUT2D eigenvalue weighted by Gasteiger charge is -2.00. The number of aromatic nitrogens is 3. The molecule has 3 heterocycles. The third kappa shape index (κ3) is 1.59. The number of rotatable bonds is 2. The van der Waals surface area contributed by atoms with Gasteiger partial charge in [0.25, 0.3) is 0 Å². The highest BCUT2D eigenvalue weighted by Crippen LogP contribution is 2.37. The molecular formula is C12H11N3OS. The fourth-order valence-corrected chi connectivity index (χ4v) is 2.70. The van der Waals surface area contributed by atoms with Crippen LogP contribution in [0.5, 0.6) is 5.06 Å². The summed E-state index contributed by atoms with van der Waals surface area (Å²) in [4.78, 5) is 11.9. The first-order valence-corrected chi connectivity index (χ1v) is 6.09. The fourth-order valence-electron chi connectivity index (χ4n) is 1.83. The molecule has 0 bridgehead atoms. The highest BCUT2D eigenvalue weighted by Gasteiger charge is 2.15. The Hall–Kier alpha value is -1.88. The molecule has 5 heteroatoms. The van der Waals surface area contributed by atoms with Crippen LogP contribution < -0.4 is 4.74 Å². The molecule has 0 saturated carbocycles. The molecule has 0 radical (unpaired) electrons. The Balaban J connectivity index is 2.23. The number of H-pyrrole nitrogens is 1. The number of hydrogen-bond donors (Lipinski definition) is 1. The summed E-state index contributed by atoms with van der Waals surface area (Å²) < 4.78 is 5.36. The third-order valence-corrected chi connectivity index (χ3v) is 3.70. The fraction of sp³-hybridized carbons (Fsp3) is 0.167. The average Bonchev–Trinajstić information content (AvgIpc) is 2.91. The Bertz CT molecular complexity index is 638. The minimum atomic E-state index is 0.837. The summed E-state index contributed by atoms with van der Waals surface area (Å²) in [6, 6.07) is 1.89. The number of aryl methyl sites for hydroxylation is 1. The van der Waals surface area contributed by atoms with Gasteiger partial charge in [0, 0.05) is 6.20 Å². The van der Waals surface area contributed by atoms with E-state index in [1.165, 1.54) is 5.56 Å². The van der Waals surface area contributed by atoms with E-state index in [-0.39, 0.29) is 0 Å². The summed E-state index contributed by atoms with van der Waals surface area (Å²) in [6.45, 7) is 2.06. The number of nitrogens with one attached hydrogen (secondary N) is 1. The van der Waals surface area contributed by atoms with Crippen molar-refractivity contribution in [1.82, 2.24) is 15.0 Å². The first-order chi connectivity index (χ1) is 8.29. The molecule has 0 fully saturated rings. The molecule has 0 atom stereocenters. The average molecular weight is 245 g/mol. The van der Waals surface area contributed by atoms with Crippen molar-refractivity contribution < 1.29 is 4.74 Å².